The molecule has 3 rings (SSSR count). The maximum Gasteiger partial charge on any atom is 0.264 e. The van der Waals surface area contributed by atoms with Gasteiger partial charge < -0.3 is 15.0 Å². The van der Waals surface area contributed by atoms with Crippen molar-refractivity contribution in [3.63, 3.8) is 0 Å². The topological polar surface area (TPSA) is 96.0 Å². The van der Waals surface area contributed by atoms with Gasteiger partial charge in [-0.25, -0.2) is 8.42 Å². The first-order valence-corrected chi connectivity index (χ1v) is 15.3. The van der Waals surface area contributed by atoms with E-state index in [1.807, 2.05) is 52.8 Å². The molecular weight excluding hydrogens is 538 g/mol. The van der Waals surface area contributed by atoms with Crippen molar-refractivity contribution in [2.75, 3.05) is 24.5 Å². The molecule has 0 fully saturated rings. The molecule has 0 bridgehead atoms. The number of rotatable bonds is 13. The van der Waals surface area contributed by atoms with Crippen LogP contribution in [0.1, 0.15) is 48.9 Å². The number of sulfonamides is 1. The standard InChI is InChI=1S/C32H41N3O5S/c1-7-19-33-32(37)30(8-2)34(21-26-12-15-28(40-6)16-13-26)31(36)22-35(27-14-11-24(4)25(5)20-27)41(38,39)29-17-9-23(3)10-18-29/h9-18,20,30H,7-8,19,21-22H2,1-6H3,(H,33,37)/t30-/m0/s1. The Morgan fingerprint density at radius 3 is 2.12 bits per heavy atom. The van der Waals surface area contributed by atoms with Gasteiger partial charge in [-0.05, 0) is 86.7 Å². The maximum atomic E-state index is 14.1. The number of carbonyl (C=O) groups excluding carboxylic acids is 2. The maximum absolute atomic E-state index is 14.1. The highest BCUT2D eigenvalue weighted by Gasteiger charge is 2.33. The fourth-order valence-corrected chi connectivity index (χ4v) is 5.87. The number of hydrogen-bond acceptors (Lipinski definition) is 5. The smallest absolute Gasteiger partial charge is 0.264 e. The number of nitrogens with one attached hydrogen (secondary N) is 1. The predicted octanol–water partition coefficient (Wildman–Crippen LogP) is 5.15. The lowest BCUT2D eigenvalue weighted by molar-refractivity contribution is -0.140. The van der Waals surface area contributed by atoms with Crippen LogP contribution in [0, 0.1) is 20.8 Å². The molecule has 41 heavy (non-hydrogen) atoms. The number of hydrogen-bond donors (Lipinski definition) is 1. The van der Waals surface area contributed by atoms with Gasteiger partial charge in [0, 0.05) is 13.1 Å². The van der Waals surface area contributed by atoms with Gasteiger partial charge in [0.2, 0.25) is 11.8 Å². The average molecular weight is 580 g/mol. The van der Waals surface area contributed by atoms with Crippen LogP contribution in [0.5, 0.6) is 5.75 Å². The van der Waals surface area contributed by atoms with Gasteiger partial charge in [0.1, 0.15) is 18.3 Å². The molecule has 0 radical (unpaired) electrons. The van der Waals surface area contributed by atoms with E-state index in [1.54, 1.807) is 55.6 Å². The molecule has 0 aliphatic carbocycles. The van der Waals surface area contributed by atoms with Crippen LogP contribution in [-0.4, -0.2) is 51.4 Å². The van der Waals surface area contributed by atoms with E-state index in [2.05, 4.69) is 5.32 Å². The van der Waals surface area contributed by atoms with Crippen LogP contribution in [0.25, 0.3) is 0 Å². The van der Waals surface area contributed by atoms with E-state index in [0.29, 0.717) is 24.4 Å². The summed E-state index contributed by atoms with van der Waals surface area (Å²) in [6.07, 6.45) is 1.12. The van der Waals surface area contributed by atoms with Gasteiger partial charge in [0.05, 0.1) is 17.7 Å². The van der Waals surface area contributed by atoms with Crippen molar-refractivity contribution in [1.82, 2.24) is 10.2 Å². The summed E-state index contributed by atoms with van der Waals surface area (Å²) in [5, 5.41) is 2.90. The van der Waals surface area contributed by atoms with Crippen LogP contribution in [0.2, 0.25) is 0 Å². The normalized spacial score (nSPS) is 12.0. The quantitative estimate of drug-likeness (QED) is 0.302. The molecular formula is C32H41N3O5S. The fraction of sp³-hybridized carbons (Fsp3) is 0.375. The lowest BCUT2D eigenvalue weighted by atomic mass is 10.1. The Hall–Kier alpha value is -3.85. The number of nitrogens with zero attached hydrogens (tertiary/aromatic N) is 2. The van der Waals surface area contributed by atoms with E-state index in [0.717, 1.165) is 33.0 Å². The highest BCUT2D eigenvalue weighted by molar-refractivity contribution is 7.92. The van der Waals surface area contributed by atoms with Crippen molar-refractivity contribution in [3.05, 3.63) is 89.0 Å². The number of benzene rings is 3. The third-order valence-corrected chi connectivity index (χ3v) is 8.90. The number of anilines is 1. The summed E-state index contributed by atoms with van der Waals surface area (Å²) in [5.41, 5.74) is 4.01. The summed E-state index contributed by atoms with van der Waals surface area (Å²) in [4.78, 5) is 28.9. The van der Waals surface area contributed by atoms with Gasteiger partial charge in [0.15, 0.2) is 0 Å². The number of methoxy groups -OCH3 is 1. The lowest BCUT2D eigenvalue weighted by Crippen LogP contribution is -2.52. The second kappa shape index (κ2) is 14.2. The SMILES string of the molecule is CCCNC(=O)[C@H](CC)N(Cc1ccc(OC)cc1)C(=O)CN(c1ccc(C)c(C)c1)S(=O)(=O)c1ccc(C)cc1. The highest BCUT2D eigenvalue weighted by Crippen LogP contribution is 2.27. The van der Waals surface area contributed by atoms with Crippen LogP contribution in [0.3, 0.4) is 0 Å². The Morgan fingerprint density at radius 1 is 0.902 bits per heavy atom. The van der Waals surface area contributed by atoms with Crippen molar-refractivity contribution in [2.24, 2.45) is 0 Å². The Kier molecular flexibility index (Phi) is 10.9. The fourth-order valence-electron chi connectivity index (χ4n) is 4.46. The summed E-state index contributed by atoms with van der Waals surface area (Å²) < 4.78 is 34.4. The molecule has 0 aromatic heterocycles. The van der Waals surface area contributed by atoms with Gasteiger partial charge in [-0.1, -0.05) is 49.7 Å². The van der Waals surface area contributed by atoms with E-state index in [1.165, 1.54) is 4.90 Å². The Bertz CT molecular complexity index is 1440. The van der Waals surface area contributed by atoms with E-state index >= 15 is 0 Å². The molecule has 3 aromatic carbocycles. The van der Waals surface area contributed by atoms with Crippen molar-refractivity contribution >= 4 is 27.5 Å². The number of aryl methyl sites for hydroxylation is 3. The van der Waals surface area contributed by atoms with Crippen LogP contribution in [0.4, 0.5) is 5.69 Å². The van der Waals surface area contributed by atoms with Crippen LogP contribution in [0.15, 0.2) is 71.6 Å². The Labute approximate surface area is 244 Å². The van der Waals surface area contributed by atoms with Gasteiger partial charge in [-0.15, -0.1) is 0 Å². The number of ether oxygens (including phenoxy) is 1. The second-order valence-electron chi connectivity index (χ2n) is 10.2. The largest absolute Gasteiger partial charge is 0.497 e. The van der Waals surface area contributed by atoms with Crippen molar-refractivity contribution in [3.8, 4) is 5.75 Å². The van der Waals surface area contributed by atoms with E-state index in [4.69, 9.17) is 4.74 Å². The molecule has 0 aliphatic rings. The third-order valence-electron chi connectivity index (χ3n) is 7.11. The van der Waals surface area contributed by atoms with Crippen molar-refractivity contribution < 1.29 is 22.7 Å². The average Bonchev–Trinajstić information content (AvgIpc) is 2.96. The van der Waals surface area contributed by atoms with Gasteiger partial charge in [-0.2, -0.15) is 0 Å². The summed E-state index contributed by atoms with van der Waals surface area (Å²) in [6, 6.07) is 18.3. The van der Waals surface area contributed by atoms with E-state index in [9.17, 15) is 18.0 Å². The zero-order chi connectivity index (χ0) is 30.2. The molecule has 0 spiro atoms. The Morgan fingerprint density at radius 2 is 1.56 bits per heavy atom. The summed E-state index contributed by atoms with van der Waals surface area (Å²) >= 11 is 0. The molecule has 8 nitrogen and oxygen atoms in total. The Balaban J connectivity index is 2.07. The molecule has 0 heterocycles. The third kappa shape index (κ3) is 7.88. The molecule has 0 unspecified atom stereocenters. The lowest BCUT2D eigenvalue weighted by Gasteiger charge is -2.33. The molecule has 2 amide bonds. The molecule has 0 saturated heterocycles. The minimum atomic E-state index is -4.11. The minimum Gasteiger partial charge on any atom is -0.497 e. The molecule has 3 aromatic rings. The van der Waals surface area contributed by atoms with E-state index in [-0.39, 0.29) is 17.3 Å². The second-order valence-corrected chi connectivity index (χ2v) is 12.0. The zero-order valence-corrected chi connectivity index (χ0v) is 25.6. The first-order valence-electron chi connectivity index (χ1n) is 13.9. The number of carbonyl (C=O) groups is 2. The first-order chi connectivity index (χ1) is 19.5. The summed E-state index contributed by atoms with van der Waals surface area (Å²) in [5.74, 6) is -0.0759. The number of amides is 2. The van der Waals surface area contributed by atoms with Gasteiger partial charge in [0.25, 0.3) is 10.0 Å². The van der Waals surface area contributed by atoms with Crippen LogP contribution >= 0.6 is 0 Å². The molecule has 1 atom stereocenters. The van der Waals surface area contributed by atoms with Gasteiger partial charge in [-0.3, -0.25) is 13.9 Å². The molecule has 0 aliphatic heterocycles. The highest BCUT2D eigenvalue weighted by atomic mass is 32.2. The monoisotopic (exact) mass is 579 g/mol. The molecule has 0 saturated carbocycles. The minimum absolute atomic E-state index is 0.0866. The van der Waals surface area contributed by atoms with Crippen molar-refractivity contribution in [2.45, 2.75) is 64.9 Å². The van der Waals surface area contributed by atoms with Gasteiger partial charge >= 0.3 is 0 Å². The molecule has 1 N–H and O–H groups in total. The first kappa shape index (κ1) is 31.7. The summed E-state index contributed by atoms with van der Waals surface area (Å²) in [6.45, 7) is 9.67. The summed E-state index contributed by atoms with van der Waals surface area (Å²) in [7, 11) is -2.53. The zero-order valence-electron chi connectivity index (χ0n) is 24.8. The van der Waals surface area contributed by atoms with Crippen LogP contribution < -0.4 is 14.4 Å². The van der Waals surface area contributed by atoms with Crippen molar-refractivity contribution in [1.29, 1.82) is 0 Å². The molecule has 9 heteroatoms. The predicted molar refractivity (Wildman–Crippen MR) is 163 cm³/mol. The molecule has 220 valence electrons. The van der Waals surface area contributed by atoms with E-state index < -0.39 is 28.5 Å². The van der Waals surface area contributed by atoms with Crippen LogP contribution in [-0.2, 0) is 26.2 Å².